The van der Waals surface area contributed by atoms with Gasteiger partial charge in [-0.05, 0) is 25.8 Å². The van der Waals surface area contributed by atoms with Crippen LogP contribution in [-0.2, 0) is 8.85 Å². The Kier molecular flexibility index (Phi) is 11.3. The first-order valence-corrected chi connectivity index (χ1v) is 7.33. The Bertz CT molecular complexity index is 106. The highest BCUT2D eigenvalue weighted by atomic mass is 28.3. The Morgan fingerprint density at radius 2 is 1.50 bits per heavy atom. The molecule has 0 heterocycles. The van der Waals surface area contributed by atoms with Gasteiger partial charge in [0.2, 0.25) is 0 Å². The second-order valence-electron chi connectivity index (χ2n) is 3.38. The maximum atomic E-state index is 5.65. The zero-order valence-electron chi connectivity index (χ0n) is 9.84. The Balaban J connectivity index is 3.49. The molecule has 0 saturated carbocycles. The maximum Gasteiger partial charge on any atom is 0.408 e. The van der Waals surface area contributed by atoms with Crippen molar-refractivity contribution >= 4 is 9.45 Å². The van der Waals surface area contributed by atoms with Crippen LogP contribution in [0.4, 0.5) is 0 Å². The summed E-state index contributed by atoms with van der Waals surface area (Å²) >= 11 is 0. The number of rotatable bonds is 10. The molecule has 86 valence electrons. The molecule has 1 N–H and O–H groups in total. The van der Waals surface area contributed by atoms with Gasteiger partial charge in [-0.25, -0.2) is 0 Å². The highest BCUT2D eigenvalue weighted by Crippen LogP contribution is 1.92. The summed E-state index contributed by atoms with van der Waals surface area (Å²) in [7, 11) is -1.55. The van der Waals surface area contributed by atoms with Crippen molar-refractivity contribution in [2.45, 2.75) is 46.5 Å². The lowest BCUT2D eigenvalue weighted by molar-refractivity contribution is 0.187. The van der Waals surface area contributed by atoms with Gasteiger partial charge in [0.05, 0.1) is 0 Å². The SMILES string of the molecule is CCCCN[SiH](OCCC)OCCC. The Morgan fingerprint density at radius 1 is 0.929 bits per heavy atom. The van der Waals surface area contributed by atoms with E-state index in [0.717, 1.165) is 32.6 Å². The van der Waals surface area contributed by atoms with Crippen LogP contribution in [0.3, 0.4) is 0 Å². The van der Waals surface area contributed by atoms with E-state index in [1.54, 1.807) is 0 Å². The summed E-state index contributed by atoms with van der Waals surface area (Å²) in [4.78, 5) is 3.38. The van der Waals surface area contributed by atoms with Crippen LogP contribution in [0.1, 0.15) is 46.5 Å². The summed E-state index contributed by atoms with van der Waals surface area (Å²) in [6.07, 6.45) is 4.55. The minimum Gasteiger partial charge on any atom is -0.385 e. The molecule has 14 heavy (non-hydrogen) atoms. The lowest BCUT2D eigenvalue weighted by atomic mass is 10.3. The fourth-order valence-corrected chi connectivity index (χ4v) is 2.68. The van der Waals surface area contributed by atoms with Crippen LogP contribution in [0, 0.1) is 0 Å². The minimum atomic E-state index is -1.55. The van der Waals surface area contributed by atoms with Gasteiger partial charge in [0.15, 0.2) is 0 Å². The van der Waals surface area contributed by atoms with Gasteiger partial charge in [0.1, 0.15) is 0 Å². The molecule has 0 aliphatic rings. The first-order valence-electron chi connectivity index (χ1n) is 5.81. The molecule has 4 heteroatoms. The van der Waals surface area contributed by atoms with Crippen LogP contribution in [0.5, 0.6) is 0 Å². The van der Waals surface area contributed by atoms with Crippen LogP contribution in [0.25, 0.3) is 0 Å². The number of nitrogens with one attached hydrogen (secondary N) is 1. The lowest BCUT2D eigenvalue weighted by Gasteiger charge is -2.16. The van der Waals surface area contributed by atoms with E-state index >= 15 is 0 Å². The smallest absolute Gasteiger partial charge is 0.385 e. The molecule has 0 radical (unpaired) electrons. The van der Waals surface area contributed by atoms with E-state index in [0.29, 0.717) is 0 Å². The van der Waals surface area contributed by atoms with Gasteiger partial charge in [-0.15, -0.1) is 0 Å². The average Bonchev–Trinajstić information content (AvgIpc) is 2.21. The first kappa shape index (κ1) is 14.1. The van der Waals surface area contributed by atoms with Gasteiger partial charge < -0.3 is 8.85 Å². The van der Waals surface area contributed by atoms with E-state index in [2.05, 4.69) is 25.8 Å². The molecule has 3 nitrogen and oxygen atoms in total. The summed E-state index contributed by atoms with van der Waals surface area (Å²) in [5.41, 5.74) is 0. The van der Waals surface area contributed by atoms with Crippen molar-refractivity contribution < 1.29 is 8.85 Å². The molecule has 0 aromatic rings. The quantitative estimate of drug-likeness (QED) is 0.450. The molecule has 0 unspecified atom stereocenters. The fraction of sp³-hybridized carbons (Fsp3) is 1.00. The van der Waals surface area contributed by atoms with Gasteiger partial charge >= 0.3 is 9.45 Å². The van der Waals surface area contributed by atoms with Gasteiger partial charge in [-0.3, -0.25) is 4.98 Å². The van der Waals surface area contributed by atoms with Crippen LogP contribution in [0.2, 0.25) is 0 Å². The zero-order chi connectivity index (χ0) is 10.6. The van der Waals surface area contributed by atoms with E-state index in [1.807, 2.05) is 0 Å². The third-order valence-electron chi connectivity index (χ3n) is 1.79. The molecule has 0 saturated heterocycles. The van der Waals surface area contributed by atoms with Crippen LogP contribution in [0.15, 0.2) is 0 Å². The molecule has 0 fully saturated rings. The fourth-order valence-electron chi connectivity index (χ4n) is 1.01. The molecule has 0 amide bonds. The summed E-state index contributed by atoms with van der Waals surface area (Å²) in [6.45, 7) is 9.10. The van der Waals surface area contributed by atoms with Gasteiger partial charge in [-0.2, -0.15) is 0 Å². The van der Waals surface area contributed by atoms with Crippen molar-refractivity contribution in [2.24, 2.45) is 0 Å². The highest BCUT2D eigenvalue weighted by molar-refractivity contribution is 6.41. The van der Waals surface area contributed by atoms with Crippen LogP contribution < -0.4 is 4.98 Å². The molecule has 0 atom stereocenters. The van der Waals surface area contributed by atoms with Gasteiger partial charge in [0.25, 0.3) is 0 Å². The van der Waals surface area contributed by atoms with Crippen LogP contribution >= 0.6 is 0 Å². The van der Waals surface area contributed by atoms with Crippen molar-refractivity contribution in [1.82, 2.24) is 4.98 Å². The van der Waals surface area contributed by atoms with Crippen LogP contribution in [-0.4, -0.2) is 29.2 Å². The summed E-state index contributed by atoms with van der Waals surface area (Å²) < 4.78 is 11.3. The summed E-state index contributed by atoms with van der Waals surface area (Å²) in [6, 6.07) is 0. The van der Waals surface area contributed by atoms with E-state index < -0.39 is 9.45 Å². The van der Waals surface area contributed by atoms with E-state index in [9.17, 15) is 0 Å². The molecule has 0 bridgehead atoms. The Labute approximate surface area is 90.1 Å². The molecule has 0 aliphatic heterocycles. The maximum absolute atomic E-state index is 5.65. The minimum absolute atomic E-state index is 0.819. The second kappa shape index (κ2) is 11.2. The van der Waals surface area contributed by atoms with Crippen molar-refractivity contribution in [3.63, 3.8) is 0 Å². The Morgan fingerprint density at radius 3 is 1.93 bits per heavy atom. The molecule has 0 aromatic heterocycles. The second-order valence-corrected chi connectivity index (χ2v) is 5.12. The van der Waals surface area contributed by atoms with Gasteiger partial charge in [0, 0.05) is 13.2 Å². The predicted octanol–water partition coefficient (Wildman–Crippen LogP) is 1.95. The largest absolute Gasteiger partial charge is 0.408 e. The number of unbranched alkanes of at least 4 members (excludes halogenated alkanes) is 1. The third kappa shape index (κ3) is 8.68. The molecule has 0 aromatic carbocycles. The standard InChI is InChI=1S/C10H25NO2Si/c1-4-7-8-11-14(12-9-5-2)13-10-6-3/h11,14H,4-10H2,1-3H3. The predicted molar refractivity (Wildman–Crippen MR) is 62.5 cm³/mol. The molecular weight excluding hydrogens is 194 g/mol. The van der Waals surface area contributed by atoms with Gasteiger partial charge in [-0.1, -0.05) is 27.2 Å². The normalized spacial score (nSPS) is 11.1. The summed E-state index contributed by atoms with van der Waals surface area (Å²) in [5.74, 6) is 0. The van der Waals surface area contributed by atoms with E-state index in [4.69, 9.17) is 8.85 Å². The highest BCUT2D eigenvalue weighted by Gasteiger charge is 2.11. The number of hydrogen-bond donors (Lipinski definition) is 1. The monoisotopic (exact) mass is 219 g/mol. The van der Waals surface area contributed by atoms with E-state index in [1.165, 1.54) is 12.8 Å². The summed E-state index contributed by atoms with van der Waals surface area (Å²) in [5, 5.41) is 0. The topological polar surface area (TPSA) is 30.5 Å². The average molecular weight is 219 g/mol. The van der Waals surface area contributed by atoms with Crippen molar-refractivity contribution in [1.29, 1.82) is 0 Å². The lowest BCUT2D eigenvalue weighted by Crippen LogP contribution is -2.41. The molecule has 0 rings (SSSR count). The third-order valence-corrected chi connectivity index (χ3v) is 3.49. The molecular formula is C10H25NO2Si. The molecule has 0 aliphatic carbocycles. The van der Waals surface area contributed by atoms with E-state index in [-0.39, 0.29) is 0 Å². The van der Waals surface area contributed by atoms with Crippen molar-refractivity contribution in [3.05, 3.63) is 0 Å². The van der Waals surface area contributed by atoms with Crippen molar-refractivity contribution in [2.75, 3.05) is 19.8 Å². The molecule has 0 spiro atoms. The number of hydrogen-bond acceptors (Lipinski definition) is 3. The Hall–Kier alpha value is 0.0969. The first-order chi connectivity index (χ1) is 6.85. The van der Waals surface area contributed by atoms with Crippen molar-refractivity contribution in [3.8, 4) is 0 Å². The zero-order valence-corrected chi connectivity index (χ0v) is 11.0.